The van der Waals surface area contributed by atoms with Gasteiger partial charge in [0.25, 0.3) is 0 Å². The first-order valence-electron chi connectivity index (χ1n) is 5.08. The Labute approximate surface area is 93.2 Å². The van der Waals surface area contributed by atoms with E-state index in [0.29, 0.717) is 6.29 Å². The number of hydrogen-bond donors (Lipinski definition) is 0. The molecule has 0 amide bonds. The van der Waals surface area contributed by atoms with Crippen molar-refractivity contribution in [2.45, 2.75) is 19.8 Å². The van der Waals surface area contributed by atoms with E-state index in [0.717, 1.165) is 0 Å². The smallest absolute Gasteiger partial charge is 0.338 e. The van der Waals surface area contributed by atoms with Gasteiger partial charge in [0, 0.05) is 12.0 Å². The van der Waals surface area contributed by atoms with E-state index in [-0.39, 0.29) is 30.6 Å². The van der Waals surface area contributed by atoms with Crippen molar-refractivity contribution in [1.29, 1.82) is 0 Å². The molecule has 0 heterocycles. The van der Waals surface area contributed by atoms with Crippen molar-refractivity contribution in [3.63, 3.8) is 0 Å². The van der Waals surface area contributed by atoms with Crippen LogP contribution in [-0.2, 0) is 16.0 Å². The second-order valence-electron chi connectivity index (χ2n) is 3.19. The van der Waals surface area contributed by atoms with Crippen LogP contribution < -0.4 is 0 Å². The molecule has 0 saturated carbocycles. The van der Waals surface area contributed by atoms with E-state index >= 15 is 0 Å². The molecule has 86 valence electrons. The first kappa shape index (κ1) is 12.4. The van der Waals surface area contributed by atoms with E-state index in [2.05, 4.69) is 0 Å². The zero-order valence-corrected chi connectivity index (χ0v) is 9.03. The van der Waals surface area contributed by atoms with E-state index in [9.17, 15) is 14.0 Å². The number of rotatable bonds is 5. The molecule has 0 radical (unpaired) electrons. The predicted molar refractivity (Wildman–Crippen MR) is 56.7 cm³/mol. The van der Waals surface area contributed by atoms with E-state index in [1.54, 1.807) is 6.92 Å². The first-order chi connectivity index (χ1) is 7.70. The minimum Gasteiger partial charge on any atom is -0.462 e. The van der Waals surface area contributed by atoms with Gasteiger partial charge in [-0.05, 0) is 25.5 Å². The molecular formula is C12H13FO3. The second-order valence-corrected chi connectivity index (χ2v) is 3.19. The van der Waals surface area contributed by atoms with Crippen LogP contribution in [0.25, 0.3) is 0 Å². The first-order valence-corrected chi connectivity index (χ1v) is 5.08. The molecule has 0 spiro atoms. The van der Waals surface area contributed by atoms with Crippen LogP contribution in [0.2, 0.25) is 0 Å². The fraction of sp³-hybridized carbons (Fsp3) is 0.333. The Morgan fingerprint density at radius 3 is 2.88 bits per heavy atom. The molecule has 1 aromatic carbocycles. The summed E-state index contributed by atoms with van der Waals surface area (Å²) in [7, 11) is 0. The summed E-state index contributed by atoms with van der Waals surface area (Å²) in [6.07, 6.45) is 1.10. The van der Waals surface area contributed by atoms with Crippen LogP contribution in [0.3, 0.4) is 0 Å². The third-order valence-electron chi connectivity index (χ3n) is 2.13. The summed E-state index contributed by atoms with van der Waals surface area (Å²) in [5.74, 6) is -1.03. The second kappa shape index (κ2) is 6.00. The van der Waals surface area contributed by atoms with Gasteiger partial charge in [-0.1, -0.05) is 6.07 Å². The fourth-order valence-corrected chi connectivity index (χ4v) is 1.42. The van der Waals surface area contributed by atoms with Crippen molar-refractivity contribution in [3.8, 4) is 0 Å². The molecule has 3 nitrogen and oxygen atoms in total. The van der Waals surface area contributed by atoms with Crippen LogP contribution in [0.4, 0.5) is 4.39 Å². The van der Waals surface area contributed by atoms with Gasteiger partial charge in [0.2, 0.25) is 0 Å². The summed E-state index contributed by atoms with van der Waals surface area (Å²) in [4.78, 5) is 21.8. The summed E-state index contributed by atoms with van der Waals surface area (Å²) < 4.78 is 18.3. The molecule has 0 bridgehead atoms. The quantitative estimate of drug-likeness (QED) is 0.568. The number of hydrogen-bond acceptors (Lipinski definition) is 3. The highest BCUT2D eigenvalue weighted by atomic mass is 19.1. The molecule has 0 fully saturated rings. The fourth-order valence-electron chi connectivity index (χ4n) is 1.42. The summed E-state index contributed by atoms with van der Waals surface area (Å²) >= 11 is 0. The van der Waals surface area contributed by atoms with Crippen LogP contribution in [0.15, 0.2) is 18.2 Å². The van der Waals surface area contributed by atoms with Crippen molar-refractivity contribution < 1.29 is 18.7 Å². The molecule has 1 aromatic rings. The normalized spacial score (nSPS) is 9.88. The summed E-state index contributed by atoms with van der Waals surface area (Å²) in [6.45, 7) is 1.92. The average molecular weight is 224 g/mol. The highest BCUT2D eigenvalue weighted by Crippen LogP contribution is 2.16. The van der Waals surface area contributed by atoms with E-state index < -0.39 is 11.8 Å². The van der Waals surface area contributed by atoms with Crippen molar-refractivity contribution >= 4 is 12.3 Å². The maximum atomic E-state index is 13.5. The molecule has 0 N–H and O–H groups in total. The van der Waals surface area contributed by atoms with Crippen LogP contribution in [0.1, 0.15) is 29.3 Å². The Morgan fingerprint density at radius 2 is 2.25 bits per heavy atom. The molecule has 0 aliphatic rings. The van der Waals surface area contributed by atoms with Crippen molar-refractivity contribution in [2.24, 2.45) is 0 Å². The highest BCUT2D eigenvalue weighted by molar-refractivity contribution is 5.91. The van der Waals surface area contributed by atoms with Gasteiger partial charge < -0.3 is 9.53 Å². The predicted octanol–water partition coefficient (Wildman–Crippen LogP) is 2.13. The number of carbonyl (C=O) groups excluding carboxylic acids is 2. The number of ether oxygens (including phenoxy) is 1. The number of benzene rings is 1. The van der Waals surface area contributed by atoms with Gasteiger partial charge in [0.05, 0.1) is 12.2 Å². The molecule has 0 unspecified atom stereocenters. The van der Waals surface area contributed by atoms with Gasteiger partial charge in [-0.2, -0.15) is 0 Å². The van der Waals surface area contributed by atoms with Crippen molar-refractivity contribution in [2.75, 3.05) is 6.61 Å². The molecule has 4 heteroatoms. The van der Waals surface area contributed by atoms with Gasteiger partial charge >= 0.3 is 5.97 Å². The SMILES string of the molecule is CCOC(=O)c1cccc(F)c1CCC=O. The number of aldehydes is 1. The summed E-state index contributed by atoms with van der Waals surface area (Å²) in [5.41, 5.74) is 0.441. The molecule has 1 rings (SSSR count). The van der Waals surface area contributed by atoms with E-state index in [1.807, 2.05) is 0 Å². The largest absolute Gasteiger partial charge is 0.462 e. The molecule has 0 atom stereocenters. The standard InChI is InChI=1S/C12H13FO3/c1-2-16-12(15)10-5-3-7-11(13)9(10)6-4-8-14/h3,5,7-8H,2,4,6H2,1H3. The van der Waals surface area contributed by atoms with Crippen LogP contribution in [-0.4, -0.2) is 18.9 Å². The monoisotopic (exact) mass is 224 g/mol. The van der Waals surface area contributed by atoms with Gasteiger partial charge in [-0.3, -0.25) is 0 Å². The summed E-state index contributed by atoms with van der Waals surface area (Å²) in [6, 6.07) is 4.22. The van der Waals surface area contributed by atoms with Crippen molar-refractivity contribution in [1.82, 2.24) is 0 Å². The van der Waals surface area contributed by atoms with E-state index in [1.165, 1.54) is 18.2 Å². The zero-order valence-electron chi connectivity index (χ0n) is 9.03. The third-order valence-corrected chi connectivity index (χ3v) is 2.13. The molecule has 0 aliphatic carbocycles. The highest BCUT2D eigenvalue weighted by Gasteiger charge is 2.15. The number of carbonyl (C=O) groups is 2. The van der Waals surface area contributed by atoms with Gasteiger partial charge in [-0.25, -0.2) is 9.18 Å². The summed E-state index contributed by atoms with van der Waals surface area (Å²) in [5, 5.41) is 0. The molecule has 0 aromatic heterocycles. The lowest BCUT2D eigenvalue weighted by Gasteiger charge is -2.08. The van der Waals surface area contributed by atoms with Crippen LogP contribution in [0, 0.1) is 5.82 Å². The molecular weight excluding hydrogens is 211 g/mol. The lowest BCUT2D eigenvalue weighted by Crippen LogP contribution is -2.09. The maximum absolute atomic E-state index is 13.5. The lowest BCUT2D eigenvalue weighted by molar-refractivity contribution is -0.107. The Kier molecular flexibility index (Phi) is 4.64. The Hall–Kier alpha value is -1.71. The topological polar surface area (TPSA) is 43.4 Å². The van der Waals surface area contributed by atoms with E-state index in [4.69, 9.17) is 4.74 Å². The Morgan fingerprint density at radius 1 is 1.50 bits per heavy atom. The number of esters is 1. The Balaban J connectivity index is 3.01. The van der Waals surface area contributed by atoms with Gasteiger partial charge in [0.1, 0.15) is 12.1 Å². The molecule has 16 heavy (non-hydrogen) atoms. The third kappa shape index (κ3) is 2.89. The Bertz CT molecular complexity index is 388. The molecule has 0 aliphatic heterocycles. The van der Waals surface area contributed by atoms with Crippen LogP contribution in [0.5, 0.6) is 0 Å². The van der Waals surface area contributed by atoms with Crippen LogP contribution >= 0.6 is 0 Å². The minimum absolute atomic E-state index is 0.188. The maximum Gasteiger partial charge on any atom is 0.338 e. The van der Waals surface area contributed by atoms with Gasteiger partial charge in [0.15, 0.2) is 0 Å². The zero-order chi connectivity index (χ0) is 12.0. The average Bonchev–Trinajstić information content (AvgIpc) is 2.27. The number of halogens is 1. The van der Waals surface area contributed by atoms with Crippen molar-refractivity contribution in [3.05, 3.63) is 35.1 Å². The lowest BCUT2D eigenvalue weighted by atomic mass is 10.0. The van der Waals surface area contributed by atoms with Gasteiger partial charge in [-0.15, -0.1) is 0 Å². The minimum atomic E-state index is -0.553. The molecule has 0 saturated heterocycles.